The van der Waals surface area contributed by atoms with Crippen LogP contribution < -0.4 is 20.1 Å². The number of rotatable bonds is 5. The Hall–Kier alpha value is -2.44. The smallest absolute Gasteiger partial charge is 0.317 e. The van der Waals surface area contributed by atoms with Crippen molar-refractivity contribution in [2.75, 3.05) is 33.9 Å². The molecule has 0 aliphatic carbocycles. The largest absolute Gasteiger partial charge is 0.497 e. The minimum absolute atomic E-state index is 0.0204. The van der Waals surface area contributed by atoms with Gasteiger partial charge in [0.15, 0.2) is 0 Å². The Morgan fingerprint density at radius 1 is 1.15 bits per heavy atom. The average molecular weight is 377 g/mol. The first-order valence-corrected chi connectivity index (χ1v) is 9.31. The maximum atomic E-state index is 12.5. The molecule has 1 aromatic rings. The number of methoxy groups -OCH3 is 2. The van der Waals surface area contributed by atoms with Crippen LogP contribution in [0.25, 0.3) is 0 Å². The molecule has 27 heavy (non-hydrogen) atoms. The molecular formula is C20H31N3O4. The molecule has 2 rings (SSSR count). The van der Waals surface area contributed by atoms with E-state index < -0.39 is 0 Å². The lowest BCUT2D eigenvalue weighted by Gasteiger charge is -2.34. The molecule has 3 amide bonds. The number of ether oxygens (including phenoxy) is 2. The summed E-state index contributed by atoms with van der Waals surface area (Å²) in [5, 5.41) is 5.97. The third kappa shape index (κ3) is 6.05. The molecule has 0 saturated carbocycles. The van der Waals surface area contributed by atoms with Crippen molar-refractivity contribution in [1.82, 2.24) is 15.5 Å². The summed E-state index contributed by atoms with van der Waals surface area (Å²) in [6.07, 6.45) is 1.75. The van der Waals surface area contributed by atoms with Gasteiger partial charge in [-0.1, -0.05) is 0 Å². The van der Waals surface area contributed by atoms with Gasteiger partial charge in [0, 0.05) is 31.2 Å². The van der Waals surface area contributed by atoms with Gasteiger partial charge in [0.1, 0.15) is 11.5 Å². The topological polar surface area (TPSA) is 79.9 Å². The number of piperidine rings is 1. The summed E-state index contributed by atoms with van der Waals surface area (Å²) in [6.45, 7) is 7.91. The van der Waals surface area contributed by atoms with Crippen LogP contribution in [0.15, 0.2) is 18.2 Å². The van der Waals surface area contributed by atoms with Crippen LogP contribution in [0, 0.1) is 5.92 Å². The van der Waals surface area contributed by atoms with Gasteiger partial charge in [-0.2, -0.15) is 0 Å². The zero-order valence-electron chi connectivity index (χ0n) is 16.9. The molecule has 0 spiro atoms. The highest BCUT2D eigenvalue weighted by molar-refractivity contribution is 5.97. The first-order chi connectivity index (χ1) is 12.7. The van der Waals surface area contributed by atoms with Gasteiger partial charge in [-0.3, -0.25) is 4.79 Å². The number of carbonyl (C=O) groups excluding carboxylic acids is 2. The number of likely N-dealkylation sites (tertiary alicyclic amines) is 1. The first kappa shape index (κ1) is 20.9. The molecule has 0 radical (unpaired) electrons. The van der Waals surface area contributed by atoms with E-state index in [4.69, 9.17) is 9.47 Å². The van der Waals surface area contributed by atoms with E-state index in [0.717, 1.165) is 12.8 Å². The van der Waals surface area contributed by atoms with Gasteiger partial charge in [0.2, 0.25) is 0 Å². The van der Waals surface area contributed by atoms with Gasteiger partial charge in [0.05, 0.1) is 19.8 Å². The molecule has 1 heterocycles. The van der Waals surface area contributed by atoms with Crippen molar-refractivity contribution in [2.24, 2.45) is 5.92 Å². The standard InChI is InChI=1S/C20H31N3O4/c1-20(2,3)22-19(25)23-10-8-14(9-11-23)13-21-18(24)16-7-6-15(26-4)12-17(16)27-5/h6-7,12,14H,8-11,13H2,1-5H3,(H,21,24)(H,22,25). The number of nitrogens with zero attached hydrogens (tertiary/aromatic N) is 1. The Labute approximate surface area is 161 Å². The van der Waals surface area contributed by atoms with Crippen LogP contribution in [0.1, 0.15) is 44.0 Å². The number of carbonyl (C=O) groups is 2. The lowest BCUT2D eigenvalue weighted by atomic mass is 9.96. The highest BCUT2D eigenvalue weighted by atomic mass is 16.5. The lowest BCUT2D eigenvalue weighted by Crippen LogP contribution is -2.51. The van der Waals surface area contributed by atoms with Crippen molar-refractivity contribution in [3.05, 3.63) is 23.8 Å². The molecule has 150 valence electrons. The summed E-state index contributed by atoms with van der Waals surface area (Å²) in [7, 11) is 3.10. The molecule has 0 atom stereocenters. The predicted molar refractivity (Wildman–Crippen MR) is 104 cm³/mol. The summed E-state index contributed by atoms with van der Waals surface area (Å²) in [5.41, 5.74) is 0.250. The number of benzene rings is 1. The van der Waals surface area contributed by atoms with E-state index in [0.29, 0.717) is 42.6 Å². The number of hydrogen-bond acceptors (Lipinski definition) is 4. The molecule has 1 fully saturated rings. The monoisotopic (exact) mass is 377 g/mol. The normalized spacial score (nSPS) is 15.2. The number of urea groups is 1. The third-order valence-corrected chi connectivity index (χ3v) is 4.59. The summed E-state index contributed by atoms with van der Waals surface area (Å²) in [4.78, 5) is 26.5. The van der Waals surface area contributed by atoms with Gasteiger partial charge in [0.25, 0.3) is 5.91 Å². The van der Waals surface area contributed by atoms with E-state index in [1.54, 1.807) is 25.3 Å². The molecular weight excluding hydrogens is 346 g/mol. The highest BCUT2D eigenvalue weighted by Crippen LogP contribution is 2.25. The first-order valence-electron chi connectivity index (χ1n) is 9.31. The summed E-state index contributed by atoms with van der Waals surface area (Å²) >= 11 is 0. The fraction of sp³-hybridized carbons (Fsp3) is 0.600. The Morgan fingerprint density at radius 3 is 2.37 bits per heavy atom. The van der Waals surface area contributed by atoms with Gasteiger partial charge in [-0.05, 0) is 51.7 Å². The SMILES string of the molecule is COc1ccc(C(=O)NCC2CCN(C(=O)NC(C)(C)C)CC2)c(OC)c1. The Morgan fingerprint density at radius 2 is 1.81 bits per heavy atom. The van der Waals surface area contributed by atoms with Crippen molar-refractivity contribution >= 4 is 11.9 Å². The van der Waals surface area contributed by atoms with Crippen LogP contribution in [0.5, 0.6) is 11.5 Å². The maximum absolute atomic E-state index is 12.5. The van der Waals surface area contributed by atoms with Crippen LogP contribution >= 0.6 is 0 Å². The van der Waals surface area contributed by atoms with Gasteiger partial charge >= 0.3 is 6.03 Å². The Kier molecular flexibility index (Phi) is 6.93. The van der Waals surface area contributed by atoms with Crippen molar-refractivity contribution in [1.29, 1.82) is 0 Å². The zero-order valence-corrected chi connectivity index (χ0v) is 16.9. The van der Waals surface area contributed by atoms with Crippen LogP contribution in [0.3, 0.4) is 0 Å². The van der Waals surface area contributed by atoms with Crippen molar-refractivity contribution in [3.63, 3.8) is 0 Å². The average Bonchev–Trinajstić information content (AvgIpc) is 2.64. The molecule has 0 bridgehead atoms. The van der Waals surface area contributed by atoms with E-state index in [9.17, 15) is 9.59 Å². The number of nitrogens with one attached hydrogen (secondary N) is 2. The van der Waals surface area contributed by atoms with Crippen LogP contribution in [-0.4, -0.2) is 56.2 Å². The number of hydrogen-bond donors (Lipinski definition) is 2. The van der Waals surface area contributed by atoms with Crippen LogP contribution in [-0.2, 0) is 0 Å². The van der Waals surface area contributed by atoms with E-state index in [1.807, 2.05) is 25.7 Å². The third-order valence-electron chi connectivity index (χ3n) is 4.59. The van der Waals surface area contributed by atoms with E-state index in [1.165, 1.54) is 7.11 Å². The number of amides is 3. The van der Waals surface area contributed by atoms with E-state index in [2.05, 4.69) is 10.6 Å². The second-order valence-corrected chi connectivity index (χ2v) is 7.89. The second-order valence-electron chi connectivity index (χ2n) is 7.89. The summed E-state index contributed by atoms with van der Waals surface area (Å²) < 4.78 is 10.4. The summed E-state index contributed by atoms with van der Waals surface area (Å²) in [6, 6.07) is 5.12. The van der Waals surface area contributed by atoms with Crippen molar-refractivity contribution < 1.29 is 19.1 Å². The molecule has 7 heteroatoms. The highest BCUT2D eigenvalue weighted by Gasteiger charge is 2.25. The van der Waals surface area contributed by atoms with E-state index in [-0.39, 0.29) is 17.5 Å². The van der Waals surface area contributed by atoms with Crippen molar-refractivity contribution in [3.8, 4) is 11.5 Å². The van der Waals surface area contributed by atoms with Gasteiger partial charge in [-0.25, -0.2) is 4.79 Å². The zero-order chi connectivity index (χ0) is 20.0. The predicted octanol–water partition coefficient (Wildman–Crippen LogP) is 2.65. The lowest BCUT2D eigenvalue weighted by molar-refractivity contribution is 0.0934. The molecule has 1 aromatic carbocycles. The second kappa shape index (κ2) is 8.97. The molecule has 1 aliphatic heterocycles. The minimum Gasteiger partial charge on any atom is -0.497 e. The molecule has 0 unspecified atom stereocenters. The summed E-state index contributed by atoms with van der Waals surface area (Å²) in [5.74, 6) is 1.32. The Balaban J connectivity index is 1.83. The fourth-order valence-electron chi connectivity index (χ4n) is 3.06. The molecule has 1 saturated heterocycles. The quantitative estimate of drug-likeness (QED) is 0.827. The minimum atomic E-state index is -0.237. The molecule has 1 aliphatic rings. The van der Waals surface area contributed by atoms with Crippen molar-refractivity contribution in [2.45, 2.75) is 39.2 Å². The molecule has 0 aromatic heterocycles. The fourth-order valence-corrected chi connectivity index (χ4v) is 3.06. The van der Waals surface area contributed by atoms with E-state index >= 15 is 0 Å². The van der Waals surface area contributed by atoms with Gasteiger partial charge in [-0.15, -0.1) is 0 Å². The molecule has 2 N–H and O–H groups in total. The Bertz CT molecular complexity index is 662. The molecule has 7 nitrogen and oxygen atoms in total. The van der Waals surface area contributed by atoms with Crippen LogP contribution in [0.4, 0.5) is 4.79 Å². The van der Waals surface area contributed by atoms with Crippen LogP contribution in [0.2, 0.25) is 0 Å². The van der Waals surface area contributed by atoms with Gasteiger partial charge < -0.3 is 25.0 Å². The maximum Gasteiger partial charge on any atom is 0.317 e.